The molecule has 0 aliphatic rings. The Morgan fingerprint density at radius 3 is 3.00 bits per heavy atom. The summed E-state index contributed by atoms with van der Waals surface area (Å²) >= 11 is 0. The number of rotatable bonds is 0. The zero-order chi connectivity index (χ0) is 6.97. The Labute approximate surface area is 58.3 Å². The van der Waals surface area contributed by atoms with E-state index in [1.54, 1.807) is 0 Å². The van der Waals surface area contributed by atoms with Crippen LogP contribution in [0.25, 0.3) is 11.0 Å². The first-order valence-electron chi connectivity index (χ1n) is 3.17. The summed E-state index contributed by atoms with van der Waals surface area (Å²) in [4.78, 5) is 0. The molecule has 0 bridgehead atoms. The molecule has 0 atom stereocenters. The molecule has 0 aliphatic carbocycles. The quantitative estimate of drug-likeness (QED) is 0.519. The Morgan fingerprint density at radius 1 is 1.40 bits per heavy atom. The van der Waals surface area contributed by atoms with Crippen molar-refractivity contribution < 1.29 is 4.68 Å². The van der Waals surface area contributed by atoms with Crippen molar-refractivity contribution in [3.63, 3.8) is 0 Å². The molecule has 1 N–H and O–H groups in total. The van der Waals surface area contributed by atoms with E-state index in [0.717, 1.165) is 11.0 Å². The first-order chi connectivity index (χ1) is 4.88. The van der Waals surface area contributed by atoms with Crippen LogP contribution in [0.4, 0.5) is 0 Å². The summed E-state index contributed by atoms with van der Waals surface area (Å²) in [7, 11) is 1.94. The Morgan fingerprint density at radius 2 is 2.20 bits per heavy atom. The van der Waals surface area contributed by atoms with E-state index in [1.807, 2.05) is 36.0 Å². The second-order valence-corrected chi connectivity index (χ2v) is 2.26. The van der Waals surface area contributed by atoms with E-state index in [4.69, 9.17) is 0 Å². The fraction of sp³-hybridized carbons (Fsp3) is 0.143. The maximum absolute atomic E-state index is 4.06. The van der Waals surface area contributed by atoms with Crippen molar-refractivity contribution >= 4 is 11.0 Å². The molecule has 3 heteroatoms. The van der Waals surface area contributed by atoms with Gasteiger partial charge >= 0.3 is 0 Å². The molecule has 50 valence electrons. The smallest absolute Gasteiger partial charge is 0.158 e. The van der Waals surface area contributed by atoms with Gasteiger partial charge in [0.15, 0.2) is 5.52 Å². The number of aryl methyl sites for hydroxylation is 1. The van der Waals surface area contributed by atoms with Gasteiger partial charge in [-0.15, -0.1) is 0 Å². The highest BCUT2D eigenvalue weighted by atomic mass is 15.4. The molecule has 2 rings (SSSR count). The normalized spacial score (nSPS) is 10.5. The highest BCUT2D eigenvalue weighted by Gasteiger charge is 2.04. The largest absolute Gasteiger partial charge is 0.248 e. The molecule has 0 aliphatic heterocycles. The predicted molar refractivity (Wildman–Crippen MR) is 37.3 cm³/mol. The van der Waals surface area contributed by atoms with Gasteiger partial charge in [-0.2, -0.15) is 4.68 Å². The van der Waals surface area contributed by atoms with Gasteiger partial charge in [0.2, 0.25) is 5.52 Å². The number of para-hydroxylation sites is 2. The SMILES string of the molecule is C[n+]1[nH]nc2ccccc21. The average Bonchev–Trinajstić information content (AvgIpc) is 2.34. The van der Waals surface area contributed by atoms with Crippen LogP contribution in [0.3, 0.4) is 0 Å². The van der Waals surface area contributed by atoms with Gasteiger partial charge in [0.25, 0.3) is 0 Å². The molecular formula is C7H8N3+. The highest BCUT2D eigenvalue weighted by molar-refractivity contribution is 5.69. The number of nitrogens with one attached hydrogen (secondary N) is 1. The molecule has 1 aromatic heterocycles. The van der Waals surface area contributed by atoms with Crippen molar-refractivity contribution in [2.45, 2.75) is 0 Å². The topological polar surface area (TPSA) is 32.6 Å². The molecule has 0 amide bonds. The molecule has 0 fully saturated rings. The Bertz CT molecular complexity index is 350. The van der Waals surface area contributed by atoms with Gasteiger partial charge in [-0.1, -0.05) is 17.3 Å². The molecule has 0 unspecified atom stereocenters. The van der Waals surface area contributed by atoms with Crippen molar-refractivity contribution in [1.82, 2.24) is 10.3 Å². The minimum absolute atomic E-state index is 1.00. The Balaban J connectivity index is 2.93. The molecule has 0 saturated carbocycles. The van der Waals surface area contributed by atoms with Gasteiger partial charge in [-0.05, 0) is 12.1 Å². The zero-order valence-electron chi connectivity index (χ0n) is 5.70. The van der Waals surface area contributed by atoms with E-state index >= 15 is 0 Å². The second-order valence-electron chi connectivity index (χ2n) is 2.26. The number of aromatic amines is 1. The number of aromatic nitrogens is 3. The predicted octanol–water partition coefficient (Wildman–Crippen LogP) is 0.387. The van der Waals surface area contributed by atoms with Crippen LogP contribution in [0.5, 0.6) is 0 Å². The summed E-state index contributed by atoms with van der Waals surface area (Å²) in [6.07, 6.45) is 0. The highest BCUT2D eigenvalue weighted by Crippen LogP contribution is 2.02. The zero-order valence-corrected chi connectivity index (χ0v) is 5.70. The summed E-state index contributed by atoms with van der Waals surface area (Å²) in [5.41, 5.74) is 2.13. The van der Waals surface area contributed by atoms with Gasteiger partial charge in [0.1, 0.15) is 7.05 Å². The van der Waals surface area contributed by atoms with E-state index in [0.29, 0.717) is 0 Å². The molecule has 0 radical (unpaired) electrons. The van der Waals surface area contributed by atoms with Crippen molar-refractivity contribution in [2.75, 3.05) is 0 Å². The van der Waals surface area contributed by atoms with Crippen LogP contribution >= 0.6 is 0 Å². The Kier molecular flexibility index (Phi) is 0.974. The average molecular weight is 134 g/mol. The van der Waals surface area contributed by atoms with Crippen LogP contribution in [0.2, 0.25) is 0 Å². The first-order valence-corrected chi connectivity index (χ1v) is 3.17. The van der Waals surface area contributed by atoms with Crippen molar-refractivity contribution in [2.24, 2.45) is 7.05 Å². The van der Waals surface area contributed by atoms with Gasteiger partial charge in [-0.3, -0.25) is 0 Å². The monoisotopic (exact) mass is 134 g/mol. The van der Waals surface area contributed by atoms with Crippen molar-refractivity contribution in [3.8, 4) is 0 Å². The van der Waals surface area contributed by atoms with Gasteiger partial charge in [-0.25, -0.2) is 0 Å². The third kappa shape index (κ3) is 0.603. The van der Waals surface area contributed by atoms with Gasteiger partial charge in [0.05, 0.1) is 0 Å². The minimum Gasteiger partial charge on any atom is -0.158 e. The minimum atomic E-state index is 1.00. The summed E-state index contributed by atoms with van der Waals surface area (Å²) in [6.45, 7) is 0. The maximum atomic E-state index is 4.06. The molecule has 10 heavy (non-hydrogen) atoms. The summed E-state index contributed by atoms with van der Waals surface area (Å²) in [5.74, 6) is 0. The van der Waals surface area contributed by atoms with Crippen LogP contribution in [0.1, 0.15) is 0 Å². The first kappa shape index (κ1) is 5.41. The Hall–Kier alpha value is -1.38. The fourth-order valence-corrected chi connectivity index (χ4v) is 1.03. The lowest BCUT2D eigenvalue weighted by molar-refractivity contribution is -0.707. The van der Waals surface area contributed by atoms with Crippen LogP contribution in [0, 0.1) is 0 Å². The van der Waals surface area contributed by atoms with Gasteiger partial charge in [0, 0.05) is 5.10 Å². The fourth-order valence-electron chi connectivity index (χ4n) is 1.03. The van der Waals surface area contributed by atoms with E-state index in [-0.39, 0.29) is 0 Å². The van der Waals surface area contributed by atoms with Crippen LogP contribution in [-0.4, -0.2) is 10.3 Å². The molecule has 1 heterocycles. The lowest BCUT2D eigenvalue weighted by atomic mass is 10.3. The lowest BCUT2D eigenvalue weighted by Crippen LogP contribution is -2.29. The van der Waals surface area contributed by atoms with E-state index in [2.05, 4.69) is 10.3 Å². The van der Waals surface area contributed by atoms with Crippen LogP contribution < -0.4 is 4.68 Å². The van der Waals surface area contributed by atoms with E-state index in [1.165, 1.54) is 0 Å². The number of hydrogen-bond donors (Lipinski definition) is 1. The number of benzene rings is 1. The maximum Gasteiger partial charge on any atom is 0.248 e. The van der Waals surface area contributed by atoms with E-state index in [9.17, 15) is 0 Å². The van der Waals surface area contributed by atoms with Crippen molar-refractivity contribution in [3.05, 3.63) is 24.3 Å². The number of hydrogen-bond acceptors (Lipinski definition) is 1. The molecule has 2 aromatic rings. The van der Waals surface area contributed by atoms with E-state index < -0.39 is 0 Å². The number of H-pyrrole nitrogens is 1. The van der Waals surface area contributed by atoms with Crippen LogP contribution in [-0.2, 0) is 7.05 Å². The number of nitrogens with zero attached hydrogens (tertiary/aromatic N) is 2. The third-order valence-electron chi connectivity index (χ3n) is 1.56. The lowest BCUT2D eigenvalue weighted by Gasteiger charge is -1.80. The summed E-state index contributed by atoms with van der Waals surface area (Å²) in [6, 6.07) is 7.98. The number of fused-ring (bicyclic) bond motifs is 1. The summed E-state index contributed by atoms with van der Waals surface area (Å²) in [5, 5.41) is 6.90. The molecule has 1 aromatic carbocycles. The molecular weight excluding hydrogens is 126 g/mol. The third-order valence-corrected chi connectivity index (χ3v) is 1.56. The second kappa shape index (κ2) is 1.80. The summed E-state index contributed by atoms with van der Waals surface area (Å²) < 4.78 is 1.88. The van der Waals surface area contributed by atoms with Crippen molar-refractivity contribution in [1.29, 1.82) is 0 Å². The van der Waals surface area contributed by atoms with Crippen LogP contribution in [0.15, 0.2) is 24.3 Å². The standard InChI is InChI=1S/C7H7N3/c1-10-7-5-3-2-4-6(7)8-9-10/h2-5H,1H3/p+1. The molecule has 0 spiro atoms. The molecule has 0 saturated heterocycles. The van der Waals surface area contributed by atoms with Gasteiger partial charge < -0.3 is 0 Å². The molecule has 3 nitrogen and oxygen atoms in total.